The Balaban J connectivity index is 2.23. The fraction of sp³-hybridized carbons (Fsp3) is 0.818. The van der Waals surface area contributed by atoms with Crippen molar-refractivity contribution in [1.29, 1.82) is 0 Å². The first-order chi connectivity index (χ1) is 7.67. The van der Waals surface area contributed by atoms with E-state index in [0.717, 1.165) is 6.42 Å². The highest BCUT2D eigenvalue weighted by molar-refractivity contribution is 5.81. The van der Waals surface area contributed by atoms with Gasteiger partial charge in [0.05, 0.1) is 13.0 Å². The van der Waals surface area contributed by atoms with Crippen LogP contribution in [0.3, 0.4) is 0 Å². The molecule has 0 aliphatic carbocycles. The number of aliphatic hydroxyl groups is 1. The second-order valence-corrected chi connectivity index (χ2v) is 3.98. The number of esters is 1. The number of carbonyl (C=O) groups is 2. The van der Waals surface area contributed by atoms with Crippen molar-refractivity contribution in [2.45, 2.75) is 26.2 Å². The molecule has 5 nitrogen and oxygen atoms in total. The highest BCUT2D eigenvalue weighted by Gasteiger charge is 2.25. The molecule has 0 bridgehead atoms. The predicted molar refractivity (Wildman–Crippen MR) is 57.6 cm³/mol. The van der Waals surface area contributed by atoms with Gasteiger partial charge in [-0.2, -0.15) is 0 Å². The lowest BCUT2D eigenvalue weighted by atomic mass is 10.1. The van der Waals surface area contributed by atoms with Gasteiger partial charge < -0.3 is 14.7 Å². The first-order valence-corrected chi connectivity index (χ1v) is 5.71. The van der Waals surface area contributed by atoms with Crippen LogP contribution in [-0.4, -0.2) is 48.2 Å². The van der Waals surface area contributed by atoms with Crippen molar-refractivity contribution in [2.24, 2.45) is 5.92 Å². The minimum absolute atomic E-state index is 0.0241. The zero-order valence-corrected chi connectivity index (χ0v) is 9.65. The topological polar surface area (TPSA) is 66.8 Å². The molecule has 0 aromatic carbocycles. The summed E-state index contributed by atoms with van der Waals surface area (Å²) in [6.07, 6.45) is 1.20. The number of hydrogen-bond donors (Lipinski definition) is 1. The zero-order chi connectivity index (χ0) is 12.0. The molecule has 5 heteroatoms. The average molecular weight is 229 g/mol. The maximum Gasteiger partial charge on any atom is 0.306 e. The van der Waals surface area contributed by atoms with Crippen molar-refractivity contribution in [3.63, 3.8) is 0 Å². The first-order valence-electron chi connectivity index (χ1n) is 5.71. The van der Waals surface area contributed by atoms with Crippen molar-refractivity contribution in [3.8, 4) is 0 Å². The van der Waals surface area contributed by atoms with Crippen LogP contribution in [0.15, 0.2) is 0 Å². The van der Waals surface area contributed by atoms with Crippen LogP contribution in [0.2, 0.25) is 0 Å². The Morgan fingerprint density at radius 2 is 2.19 bits per heavy atom. The molecule has 0 saturated carbocycles. The number of aliphatic hydroxyl groups excluding tert-OH is 1. The normalized spacial score (nSPS) is 19.9. The second kappa shape index (κ2) is 6.48. The molecular formula is C11H19NO4. The number of amides is 1. The minimum atomic E-state index is -0.325. The molecule has 1 aliphatic heterocycles. The summed E-state index contributed by atoms with van der Waals surface area (Å²) < 4.78 is 4.75. The largest absolute Gasteiger partial charge is 0.466 e. The fourth-order valence-electron chi connectivity index (χ4n) is 1.81. The third-order valence-corrected chi connectivity index (χ3v) is 2.75. The van der Waals surface area contributed by atoms with Crippen LogP contribution in [0.4, 0.5) is 0 Å². The molecule has 0 radical (unpaired) electrons. The van der Waals surface area contributed by atoms with Gasteiger partial charge in [-0.3, -0.25) is 9.59 Å². The SMILES string of the molecule is CCOC(=O)CCC(=O)N1CCC(CO)C1. The van der Waals surface area contributed by atoms with Crippen LogP contribution < -0.4 is 0 Å². The fourth-order valence-corrected chi connectivity index (χ4v) is 1.81. The van der Waals surface area contributed by atoms with Crippen LogP contribution in [0.5, 0.6) is 0 Å². The van der Waals surface area contributed by atoms with Gasteiger partial charge >= 0.3 is 5.97 Å². The molecule has 1 rings (SSSR count). The highest BCUT2D eigenvalue weighted by atomic mass is 16.5. The quantitative estimate of drug-likeness (QED) is 0.682. The second-order valence-electron chi connectivity index (χ2n) is 3.98. The maximum absolute atomic E-state index is 11.7. The van der Waals surface area contributed by atoms with Crippen molar-refractivity contribution < 1.29 is 19.4 Å². The van der Waals surface area contributed by atoms with Gasteiger partial charge in [0, 0.05) is 32.0 Å². The van der Waals surface area contributed by atoms with Crippen molar-refractivity contribution in [2.75, 3.05) is 26.3 Å². The summed E-state index contributed by atoms with van der Waals surface area (Å²) in [4.78, 5) is 24.4. The zero-order valence-electron chi connectivity index (χ0n) is 9.65. The summed E-state index contributed by atoms with van der Waals surface area (Å²) in [7, 11) is 0. The lowest BCUT2D eigenvalue weighted by Crippen LogP contribution is -2.29. The van der Waals surface area contributed by atoms with Gasteiger partial charge in [-0.15, -0.1) is 0 Å². The summed E-state index contributed by atoms with van der Waals surface area (Å²) in [6.45, 7) is 3.52. The Kier molecular flexibility index (Phi) is 5.25. The van der Waals surface area contributed by atoms with E-state index in [-0.39, 0.29) is 37.2 Å². The summed E-state index contributed by atoms with van der Waals surface area (Å²) >= 11 is 0. The molecule has 16 heavy (non-hydrogen) atoms. The van der Waals surface area contributed by atoms with E-state index in [9.17, 15) is 9.59 Å². The van der Waals surface area contributed by atoms with Gasteiger partial charge in [-0.1, -0.05) is 0 Å². The van der Waals surface area contributed by atoms with E-state index in [0.29, 0.717) is 19.7 Å². The molecule has 1 unspecified atom stereocenters. The van der Waals surface area contributed by atoms with E-state index in [1.165, 1.54) is 0 Å². The smallest absolute Gasteiger partial charge is 0.306 e. The molecule has 1 heterocycles. The molecule has 1 amide bonds. The van der Waals surface area contributed by atoms with E-state index in [1.807, 2.05) is 0 Å². The van der Waals surface area contributed by atoms with Crippen LogP contribution in [0.25, 0.3) is 0 Å². The van der Waals surface area contributed by atoms with Gasteiger partial charge in [-0.05, 0) is 13.3 Å². The summed E-state index contributed by atoms with van der Waals surface area (Å²) in [6, 6.07) is 0. The molecule has 92 valence electrons. The van der Waals surface area contributed by atoms with Gasteiger partial charge in [-0.25, -0.2) is 0 Å². The third kappa shape index (κ3) is 3.81. The Labute approximate surface area is 95.4 Å². The van der Waals surface area contributed by atoms with Crippen LogP contribution in [0, 0.1) is 5.92 Å². The first kappa shape index (κ1) is 13.0. The monoisotopic (exact) mass is 229 g/mol. The highest BCUT2D eigenvalue weighted by Crippen LogP contribution is 2.16. The standard InChI is InChI=1S/C11H19NO4/c1-2-16-11(15)4-3-10(14)12-6-5-9(7-12)8-13/h9,13H,2-8H2,1H3. The molecule has 1 saturated heterocycles. The Bertz CT molecular complexity index is 254. The number of rotatable bonds is 5. The number of carbonyl (C=O) groups excluding carboxylic acids is 2. The van der Waals surface area contributed by atoms with Crippen LogP contribution >= 0.6 is 0 Å². The lowest BCUT2D eigenvalue weighted by Gasteiger charge is -2.15. The van der Waals surface area contributed by atoms with E-state index in [1.54, 1.807) is 11.8 Å². The van der Waals surface area contributed by atoms with Gasteiger partial charge in [0.1, 0.15) is 0 Å². The Morgan fingerprint density at radius 1 is 1.44 bits per heavy atom. The summed E-state index contributed by atoms with van der Waals surface area (Å²) in [5.41, 5.74) is 0. The maximum atomic E-state index is 11.7. The van der Waals surface area contributed by atoms with E-state index < -0.39 is 0 Å². The van der Waals surface area contributed by atoms with Gasteiger partial charge in [0.25, 0.3) is 0 Å². The third-order valence-electron chi connectivity index (χ3n) is 2.75. The van der Waals surface area contributed by atoms with E-state index in [4.69, 9.17) is 9.84 Å². The summed E-state index contributed by atoms with van der Waals surface area (Å²) in [5.74, 6) is -0.149. The van der Waals surface area contributed by atoms with Gasteiger partial charge in [0.15, 0.2) is 0 Å². The lowest BCUT2D eigenvalue weighted by molar-refractivity contribution is -0.145. The van der Waals surface area contributed by atoms with Crippen molar-refractivity contribution in [3.05, 3.63) is 0 Å². The number of nitrogens with zero attached hydrogens (tertiary/aromatic N) is 1. The number of likely N-dealkylation sites (tertiary alicyclic amines) is 1. The molecule has 1 atom stereocenters. The van der Waals surface area contributed by atoms with E-state index in [2.05, 4.69) is 0 Å². The molecule has 0 aromatic rings. The number of ether oxygens (including phenoxy) is 1. The average Bonchev–Trinajstić information content (AvgIpc) is 2.75. The molecule has 1 N–H and O–H groups in total. The van der Waals surface area contributed by atoms with E-state index >= 15 is 0 Å². The molecule has 1 fully saturated rings. The van der Waals surface area contributed by atoms with Gasteiger partial charge in [0.2, 0.25) is 5.91 Å². The molecule has 0 aromatic heterocycles. The molecular weight excluding hydrogens is 210 g/mol. The Hall–Kier alpha value is -1.10. The molecule has 0 spiro atoms. The van der Waals surface area contributed by atoms with Crippen molar-refractivity contribution in [1.82, 2.24) is 4.90 Å². The van der Waals surface area contributed by atoms with Crippen LogP contribution in [0.1, 0.15) is 26.2 Å². The Morgan fingerprint density at radius 3 is 2.75 bits per heavy atom. The minimum Gasteiger partial charge on any atom is -0.466 e. The molecule has 1 aliphatic rings. The number of hydrogen-bond acceptors (Lipinski definition) is 4. The summed E-state index contributed by atoms with van der Waals surface area (Å²) in [5, 5.41) is 8.94. The predicted octanol–water partition coefficient (Wildman–Crippen LogP) is 0.171. The van der Waals surface area contributed by atoms with Crippen molar-refractivity contribution >= 4 is 11.9 Å². The van der Waals surface area contributed by atoms with Crippen LogP contribution in [-0.2, 0) is 14.3 Å².